The van der Waals surface area contributed by atoms with E-state index in [1.165, 1.54) is 21.3 Å². The van der Waals surface area contributed by atoms with Crippen molar-refractivity contribution >= 4 is 5.97 Å². The minimum atomic E-state index is -1.09. The Labute approximate surface area is 94.3 Å². The van der Waals surface area contributed by atoms with Crippen LogP contribution < -0.4 is 0 Å². The van der Waals surface area contributed by atoms with Gasteiger partial charge in [0.1, 0.15) is 17.6 Å². The summed E-state index contributed by atoms with van der Waals surface area (Å²) in [6.45, 7) is 1.82. The van der Waals surface area contributed by atoms with Gasteiger partial charge in [-0.2, -0.15) is 0 Å². The van der Waals surface area contributed by atoms with Crippen molar-refractivity contribution in [1.82, 2.24) is 0 Å². The largest absolute Gasteiger partial charge is 0.469 e. The minimum absolute atomic E-state index is 0.378. The second kappa shape index (κ2) is 3.55. The second-order valence-electron chi connectivity index (χ2n) is 4.17. The molecule has 90 valence electrons. The van der Waals surface area contributed by atoms with Crippen LogP contribution in [-0.4, -0.2) is 44.8 Å². The first-order chi connectivity index (χ1) is 7.54. The first-order valence-electron chi connectivity index (χ1n) is 5.09. The predicted octanol–water partition coefficient (Wildman–Crippen LogP) is 0.492. The monoisotopic (exact) mass is 228 g/mol. The fourth-order valence-electron chi connectivity index (χ4n) is 2.64. The number of ether oxygens (including phenoxy) is 4. The Balaban J connectivity index is 2.45. The number of rotatable bonds is 3. The quantitative estimate of drug-likeness (QED) is 0.400. The highest BCUT2D eigenvalue weighted by molar-refractivity contribution is 5.77. The molecule has 0 amide bonds. The zero-order chi connectivity index (χ0) is 12.0. The molecule has 2 aliphatic heterocycles. The van der Waals surface area contributed by atoms with E-state index in [0.29, 0.717) is 0 Å². The number of hydrogen-bond acceptors (Lipinski definition) is 5. The highest BCUT2D eigenvalue weighted by Crippen LogP contribution is 2.51. The van der Waals surface area contributed by atoms with E-state index in [1.807, 2.05) is 19.1 Å². The van der Waals surface area contributed by atoms with E-state index in [0.717, 1.165) is 0 Å². The van der Waals surface area contributed by atoms with E-state index >= 15 is 0 Å². The molecule has 2 heterocycles. The van der Waals surface area contributed by atoms with Gasteiger partial charge in [0.2, 0.25) is 5.79 Å². The van der Waals surface area contributed by atoms with Gasteiger partial charge in [-0.15, -0.1) is 0 Å². The molecule has 2 rings (SSSR count). The van der Waals surface area contributed by atoms with E-state index in [2.05, 4.69) is 0 Å². The Hall–Kier alpha value is -0.910. The topological polar surface area (TPSA) is 54.0 Å². The van der Waals surface area contributed by atoms with Gasteiger partial charge in [-0.25, -0.2) is 0 Å². The smallest absolute Gasteiger partial charge is 0.317 e. The van der Waals surface area contributed by atoms with E-state index < -0.39 is 23.3 Å². The fraction of sp³-hybridized carbons (Fsp3) is 0.727. The molecule has 0 aromatic rings. The molecule has 5 nitrogen and oxygen atoms in total. The molecule has 0 N–H and O–H groups in total. The lowest BCUT2D eigenvalue weighted by Gasteiger charge is -2.37. The molecule has 5 heteroatoms. The fourth-order valence-corrected chi connectivity index (χ4v) is 2.64. The normalized spacial score (nSPS) is 39.0. The summed E-state index contributed by atoms with van der Waals surface area (Å²) in [6, 6.07) is 0. The number of esters is 1. The van der Waals surface area contributed by atoms with Crippen molar-refractivity contribution < 1.29 is 23.7 Å². The third kappa shape index (κ3) is 1.19. The SMILES string of the molecule is COC(=O)[C@H]1C(OC)(OC)[C@H]2C=C[C@@]1(C)O2. The van der Waals surface area contributed by atoms with Crippen LogP contribution >= 0.6 is 0 Å². The Morgan fingerprint density at radius 1 is 1.31 bits per heavy atom. The number of methoxy groups -OCH3 is 3. The molecule has 2 bridgehead atoms. The molecule has 0 unspecified atom stereocenters. The number of hydrogen-bond donors (Lipinski definition) is 0. The van der Waals surface area contributed by atoms with Crippen molar-refractivity contribution in [2.45, 2.75) is 24.4 Å². The summed E-state index contributed by atoms with van der Waals surface area (Å²) in [5.74, 6) is -2.09. The average molecular weight is 228 g/mol. The lowest BCUT2D eigenvalue weighted by Crippen LogP contribution is -2.54. The molecule has 3 atom stereocenters. The summed E-state index contributed by atoms with van der Waals surface area (Å²) in [5.41, 5.74) is -0.718. The first-order valence-corrected chi connectivity index (χ1v) is 5.09. The molecule has 0 aromatic heterocycles. The lowest BCUT2D eigenvalue weighted by atomic mass is 9.79. The van der Waals surface area contributed by atoms with E-state index in [1.54, 1.807) is 0 Å². The molecule has 0 spiro atoms. The minimum Gasteiger partial charge on any atom is -0.469 e. The van der Waals surface area contributed by atoms with Crippen molar-refractivity contribution in [3.63, 3.8) is 0 Å². The van der Waals surface area contributed by atoms with Crippen LogP contribution in [0.5, 0.6) is 0 Å². The summed E-state index contributed by atoms with van der Waals surface area (Å²) >= 11 is 0. The van der Waals surface area contributed by atoms with Crippen LogP contribution in [0.3, 0.4) is 0 Å². The maximum Gasteiger partial charge on any atom is 0.317 e. The molecule has 1 saturated heterocycles. The summed E-state index contributed by atoms with van der Waals surface area (Å²) in [6.07, 6.45) is 3.33. The molecular weight excluding hydrogens is 212 g/mol. The van der Waals surface area contributed by atoms with Gasteiger partial charge >= 0.3 is 5.97 Å². The van der Waals surface area contributed by atoms with Crippen LogP contribution in [0.25, 0.3) is 0 Å². The van der Waals surface area contributed by atoms with Gasteiger partial charge in [0.05, 0.1) is 7.11 Å². The summed E-state index contributed by atoms with van der Waals surface area (Å²) in [4.78, 5) is 11.8. The van der Waals surface area contributed by atoms with Gasteiger partial charge < -0.3 is 18.9 Å². The molecule has 0 aliphatic carbocycles. The van der Waals surface area contributed by atoms with Gasteiger partial charge in [0, 0.05) is 14.2 Å². The highest BCUT2D eigenvalue weighted by atomic mass is 16.7. The zero-order valence-electron chi connectivity index (χ0n) is 9.85. The third-order valence-electron chi connectivity index (χ3n) is 3.43. The standard InChI is InChI=1S/C11H16O5/c1-10-6-5-7(16-10)11(14-3,15-4)8(10)9(12)13-2/h5-8H,1-4H3/t7-,8-,10-/m1/s1. The molecule has 16 heavy (non-hydrogen) atoms. The first kappa shape index (κ1) is 11.6. The van der Waals surface area contributed by atoms with Gasteiger partial charge in [-0.1, -0.05) is 12.2 Å². The lowest BCUT2D eigenvalue weighted by molar-refractivity contribution is -0.244. The van der Waals surface area contributed by atoms with Crippen LogP contribution in [0.2, 0.25) is 0 Å². The van der Waals surface area contributed by atoms with Crippen LogP contribution in [0.4, 0.5) is 0 Å². The van der Waals surface area contributed by atoms with Crippen LogP contribution in [-0.2, 0) is 23.7 Å². The molecule has 0 saturated carbocycles. The Kier molecular flexibility index (Phi) is 2.57. The van der Waals surface area contributed by atoms with Crippen molar-refractivity contribution in [3.05, 3.63) is 12.2 Å². The van der Waals surface area contributed by atoms with Gasteiger partial charge in [-0.05, 0) is 6.92 Å². The number of carbonyl (C=O) groups is 1. The van der Waals surface area contributed by atoms with Crippen molar-refractivity contribution in [1.29, 1.82) is 0 Å². The van der Waals surface area contributed by atoms with Crippen molar-refractivity contribution in [2.75, 3.05) is 21.3 Å². The number of fused-ring (bicyclic) bond motifs is 2. The Bertz CT molecular complexity index is 333. The van der Waals surface area contributed by atoms with Gasteiger partial charge in [0.15, 0.2) is 0 Å². The maximum atomic E-state index is 11.8. The van der Waals surface area contributed by atoms with Gasteiger partial charge in [-0.3, -0.25) is 4.79 Å². The maximum absolute atomic E-state index is 11.8. The Morgan fingerprint density at radius 2 is 1.94 bits per heavy atom. The molecule has 1 fully saturated rings. The number of carbonyl (C=O) groups excluding carboxylic acids is 1. The summed E-state index contributed by atoms with van der Waals surface area (Å²) < 4.78 is 21.3. The van der Waals surface area contributed by atoms with Crippen molar-refractivity contribution in [3.8, 4) is 0 Å². The van der Waals surface area contributed by atoms with E-state index in [-0.39, 0.29) is 6.10 Å². The van der Waals surface area contributed by atoms with E-state index in [9.17, 15) is 4.79 Å². The highest BCUT2D eigenvalue weighted by Gasteiger charge is 2.68. The van der Waals surface area contributed by atoms with Gasteiger partial charge in [0.25, 0.3) is 0 Å². The van der Waals surface area contributed by atoms with Crippen molar-refractivity contribution in [2.24, 2.45) is 5.92 Å². The van der Waals surface area contributed by atoms with Crippen LogP contribution in [0, 0.1) is 5.92 Å². The second-order valence-corrected chi connectivity index (χ2v) is 4.17. The Morgan fingerprint density at radius 3 is 2.44 bits per heavy atom. The molecule has 0 aromatic carbocycles. The van der Waals surface area contributed by atoms with Crippen LogP contribution in [0.1, 0.15) is 6.92 Å². The molecule has 0 radical (unpaired) electrons. The predicted molar refractivity (Wildman–Crippen MR) is 54.7 cm³/mol. The summed E-state index contributed by atoms with van der Waals surface area (Å²) in [5, 5.41) is 0. The molecule has 2 aliphatic rings. The molecular formula is C11H16O5. The zero-order valence-corrected chi connectivity index (χ0v) is 9.85. The van der Waals surface area contributed by atoms with Crippen LogP contribution in [0.15, 0.2) is 12.2 Å². The van der Waals surface area contributed by atoms with E-state index in [4.69, 9.17) is 18.9 Å². The average Bonchev–Trinajstić information content (AvgIpc) is 2.79. The third-order valence-corrected chi connectivity index (χ3v) is 3.43. The summed E-state index contributed by atoms with van der Waals surface area (Å²) in [7, 11) is 4.35.